The van der Waals surface area contributed by atoms with Gasteiger partial charge in [-0.15, -0.1) is 5.10 Å². The predicted octanol–water partition coefficient (Wildman–Crippen LogP) is 3.79. The van der Waals surface area contributed by atoms with Gasteiger partial charge in [-0.1, -0.05) is 28.9 Å². The smallest absolute Gasteiger partial charge is 0.263 e. The van der Waals surface area contributed by atoms with Gasteiger partial charge in [0.25, 0.3) is 15.9 Å². The number of hydrogen-bond donors (Lipinski definition) is 1. The standard InChI is InChI=1S/C18H21ClN4O3S2/c19-13-7-8-14(16(10-13)28(25,26)21-17-11-27-22-20-17)18(24)23-9-3-5-12-4-1-2-6-15(12)23/h7-8,10-12,15,21H,1-6,9H2. The van der Waals surface area contributed by atoms with Crippen LogP contribution in [0.25, 0.3) is 0 Å². The Morgan fingerprint density at radius 2 is 2.00 bits per heavy atom. The number of benzene rings is 1. The molecule has 2 heterocycles. The molecule has 2 aliphatic rings. The molecule has 10 heteroatoms. The Labute approximate surface area is 173 Å². The van der Waals surface area contributed by atoms with Crippen LogP contribution in [0.2, 0.25) is 5.02 Å². The number of fused-ring (bicyclic) bond motifs is 1. The Kier molecular flexibility index (Phi) is 5.57. The van der Waals surface area contributed by atoms with Crippen LogP contribution in [-0.4, -0.2) is 41.4 Å². The summed E-state index contributed by atoms with van der Waals surface area (Å²) in [5.41, 5.74) is 0.145. The normalized spacial score (nSPS) is 22.5. The number of aromatic nitrogens is 2. The van der Waals surface area contributed by atoms with Crippen molar-refractivity contribution >= 4 is 44.9 Å². The van der Waals surface area contributed by atoms with E-state index in [1.807, 2.05) is 4.90 Å². The van der Waals surface area contributed by atoms with Crippen molar-refractivity contribution in [3.63, 3.8) is 0 Å². The van der Waals surface area contributed by atoms with Crippen LogP contribution in [-0.2, 0) is 10.0 Å². The fourth-order valence-corrected chi connectivity index (χ4v) is 6.24. The van der Waals surface area contributed by atoms with E-state index in [9.17, 15) is 13.2 Å². The highest BCUT2D eigenvalue weighted by molar-refractivity contribution is 7.92. The van der Waals surface area contributed by atoms with Gasteiger partial charge < -0.3 is 4.90 Å². The molecular weight excluding hydrogens is 420 g/mol. The number of likely N-dealkylation sites (tertiary alicyclic amines) is 1. The van der Waals surface area contributed by atoms with Gasteiger partial charge in [0.2, 0.25) is 0 Å². The molecule has 0 spiro atoms. The average molecular weight is 441 g/mol. The van der Waals surface area contributed by atoms with Crippen molar-refractivity contribution in [2.45, 2.75) is 49.5 Å². The van der Waals surface area contributed by atoms with Gasteiger partial charge in [0.1, 0.15) is 4.90 Å². The van der Waals surface area contributed by atoms with Gasteiger partial charge in [0, 0.05) is 17.6 Å². The molecule has 1 aromatic carbocycles. The molecule has 1 saturated carbocycles. The van der Waals surface area contributed by atoms with Crippen LogP contribution >= 0.6 is 23.1 Å². The highest BCUT2D eigenvalue weighted by Gasteiger charge is 2.37. The topological polar surface area (TPSA) is 92.3 Å². The lowest BCUT2D eigenvalue weighted by atomic mass is 9.78. The van der Waals surface area contributed by atoms with Crippen molar-refractivity contribution in [1.82, 2.24) is 14.5 Å². The Balaban J connectivity index is 1.68. The molecule has 7 nitrogen and oxygen atoms in total. The number of rotatable bonds is 4. The van der Waals surface area contributed by atoms with Gasteiger partial charge in [0.05, 0.1) is 10.9 Å². The van der Waals surface area contributed by atoms with Crippen LogP contribution in [0.1, 0.15) is 48.9 Å². The van der Waals surface area contributed by atoms with E-state index in [1.54, 1.807) is 6.07 Å². The van der Waals surface area contributed by atoms with Crippen LogP contribution < -0.4 is 4.72 Å². The molecule has 2 unspecified atom stereocenters. The minimum Gasteiger partial charge on any atom is -0.335 e. The molecule has 1 aromatic heterocycles. The maximum atomic E-state index is 13.4. The Hall–Kier alpha value is -1.71. The summed E-state index contributed by atoms with van der Waals surface area (Å²) >= 11 is 7.10. The van der Waals surface area contributed by atoms with Crippen molar-refractivity contribution in [2.75, 3.05) is 11.3 Å². The summed E-state index contributed by atoms with van der Waals surface area (Å²) in [6.07, 6.45) is 6.52. The third-order valence-corrected chi connectivity index (χ3v) is 7.70. The van der Waals surface area contributed by atoms with E-state index in [-0.39, 0.29) is 33.2 Å². The highest BCUT2D eigenvalue weighted by Crippen LogP contribution is 2.36. The third kappa shape index (κ3) is 3.88. The van der Waals surface area contributed by atoms with Gasteiger partial charge in [-0.3, -0.25) is 9.52 Å². The monoisotopic (exact) mass is 440 g/mol. The second-order valence-corrected chi connectivity index (χ2v) is 9.99. The van der Waals surface area contributed by atoms with Crippen molar-refractivity contribution in [2.24, 2.45) is 5.92 Å². The minimum atomic E-state index is -4.03. The van der Waals surface area contributed by atoms with E-state index in [2.05, 4.69) is 14.3 Å². The summed E-state index contributed by atoms with van der Waals surface area (Å²) in [5.74, 6) is 0.386. The maximum Gasteiger partial charge on any atom is 0.263 e. The number of nitrogens with zero attached hydrogens (tertiary/aromatic N) is 3. The number of nitrogens with one attached hydrogen (secondary N) is 1. The van der Waals surface area contributed by atoms with Gasteiger partial charge >= 0.3 is 0 Å². The van der Waals surface area contributed by atoms with Crippen molar-refractivity contribution in [3.05, 3.63) is 34.2 Å². The lowest BCUT2D eigenvalue weighted by molar-refractivity contribution is 0.0387. The molecule has 0 bridgehead atoms. The van der Waals surface area contributed by atoms with E-state index >= 15 is 0 Å². The van der Waals surface area contributed by atoms with Crippen LogP contribution in [0, 0.1) is 5.92 Å². The van der Waals surface area contributed by atoms with Crippen molar-refractivity contribution < 1.29 is 13.2 Å². The van der Waals surface area contributed by atoms with E-state index in [4.69, 9.17) is 11.6 Å². The number of hydrogen-bond acceptors (Lipinski definition) is 6. The van der Waals surface area contributed by atoms with Crippen LogP contribution in [0.5, 0.6) is 0 Å². The quantitative estimate of drug-likeness (QED) is 0.780. The Morgan fingerprint density at radius 3 is 2.79 bits per heavy atom. The fraction of sp³-hybridized carbons (Fsp3) is 0.500. The van der Waals surface area contributed by atoms with Gasteiger partial charge in [0.15, 0.2) is 5.82 Å². The fourth-order valence-electron chi connectivity index (χ4n) is 4.33. The predicted molar refractivity (Wildman–Crippen MR) is 108 cm³/mol. The molecular formula is C18H21ClN4O3S2. The van der Waals surface area contributed by atoms with Crippen LogP contribution in [0.4, 0.5) is 5.82 Å². The first-order valence-corrected chi connectivity index (χ1v) is 12.1. The lowest BCUT2D eigenvalue weighted by Gasteiger charge is -2.44. The second-order valence-electron chi connectivity index (χ2n) is 7.29. The first-order chi connectivity index (χ1) is 13.5. The molecule has 1 N–H and O–H groups in total. The molecule has 2 fully saturated rings. The molecule has 4 rings (SSSR count). The van der Waals surface area contributed by atoms with E-state index < -0.39 is 10.0 Å². The van der Waals surface area contributed by atoms with E-state index in [1.165, 1.54) is 23.9 Å². The molecule has 1 aliphatic carbocycles. The largest absolute Gasteiger partial charge is 0.335 e. The SMILES string of the molecule is O=C(c1ccc(Cl)cc1S(=O)(=O)Nc1csnn1)N1CCCC2CCCCC21. The van der Waals surface area contributed by atoms with Gasteiger partial charge in [-0.2, -0.15) is 0 Å². The number of carbonyl (C=O) groups excluding carboxylic acids is 1. The number of sulfonamides is 1. The number of piperidine rings is 1. The zero-order chi connectivity index (χ0) is 19.7. The summed E-state index contributed by atoms with van der Waals surface area (Å²) in [4.78, 5) is 15.1. The van der Waals surface area contributed by atoms with Crippen LogP contribution in [0.15, 0.2) is 28.5 Å². The molecule has 150 valence electrons. The maximum absolute atomic E-state index is 13.4. The van der Waals surface area contributed by atoms with Gasteiger partial charge in [-0.05, 0) is 61.3 Å². The molecule has 1 saturated heterocycles. The number of anilines is 1. The summed E-state index contributed by atoms with van der Waals surface area (Å²) < 4.78 is 31.9. The minimum absolute atomic E-state index is 0.119. The summed E-state index contributed by atoms with van der Waals surface area (Å²) in [5, 5.41) is 5.46. The molecule has 1 aliphatic heterocycles. The van der Waals surface area contributed by atoms with Gasteiger partial charge in [-0.25, -0.2) is 8.42 Å². The van der Waals surface area contributed by atoms with Crippen LogP contribution in [0.3, 0.4) is 0 Å². The zero-order valence-corrected chi connectivity index (χ0v) is 17.6. The molecule has 28 heavy (non-hydrogen) atoms. The lowest BCUT2D eigenvalue weighted by Crippen LogP contribution is -2.49. The van der Waals surface area contributed by atoms with E-state index in [0.717, 1.165) is 43.6 Å². The summed E-state index contributed by atoms with van der Waals surface area (Å²) in [6.45, 7) is 0.658. The van der Waals surface area contributed by atoms with Crippen molar-refractivity contribution in [1.29, 1.82) is 0 Å². The Bertz CT molecular complexity index is 963. The Morgan fingerprint density at radius 1 is 1.21 bits per heavy atom. The number of halogens is 1. The second kappa shape index (κ2) is 7.96. The van der Waals surface area contributed by atoms with Crippen molar-refractivity contribution in [3.8, 4) is 0 Å². The number of carbonyl (C=O) groups is 1. The summed E-state index contributed by atoms with van der Waals surface area (Å²) in [6, 6.07) is 4.57. The molecule has 0 radical (unpaired) electrons. The molecule has 2 atom stereocenters. The first kappa shape index (κ1) is 19.6. The third-order valence-electron chi connectivity index (χ3n) is 5.57. The highest BCUT2D eigenvalue weighted by atomic mass is 35.5. The average Bonchev–Trinajstić information content (AvgIpc) is 3.19. The summed E-state index contributed by atoms with van der Waals surface area (Å²) in [7, 11) is -4.03. The molecule has 2 aromatic rings. The zero-order valence-electron chi connectivity index (χ0n) is 15.2. The van der Waals surface area contributed by atoms with E-state index in [0.29, 0.717) is 12.5 Å². The first-order valence-electron chi connectivity index (χ1n) is 9.36. The number of amides is 1. The molecule has 1 amide bonds.